The van der Waals surface area contributed by atoms with E-state index < -0.39 is 0 Å². The SMILES string of the molecule is COc1ccc(Nc2cc(Cl)ccc2C)cc1OC. The highest BCUT2D eigenvalue weighted by Gasteiger charge is 2.06. The second kappa shape index (κ2) is 5.85. The molecule has 0 spiro atoms. The number of aryl methyl sites for hydroxylation is 1. The number of nitrogens with one attached hydrogen (secondary N) is 1. The largest absolute Gasteiger partial charge is 0.493 e. The normalized spacial score (nSPS) is 10.1. The van der Waals surface area contributed by atoms with Crippen molar-refractivity contribution in [3.63, 3.8) is 0 Å². The van der Waals surface area contributed by atoms with E-state index in [1.807, 2.05) is 43.3 Å². The van der Waals surface area contributed by atoms with Crippen LogP contribution in [0.4, 0.5) is 11.4 Å². The molecule has 3 nitrogen and oxygen atoms in total. The summed E-state index contributed by atoms with van der Waals surface area (Å²) < 4.78 is 10.5. The lowest BCUT2D eigenvalue weighted by Gasteiger charge is -2.13. The van der Waals surface area contributed by atoms with Crippen LogP contribution in [0.2, 0.25) is 5.02 Å². The van der Waals surface area contributed by atoms with Gasteiger partial charge in [0.1, 0.15) is 0 Å². The number of hydrogen-bond donors (Lipinski definition) is 1. The van der Waals surface area contributed by atoms with E-state index in [4.69, 9.17) is 21.1 Å². The Bertz CT molecular complexity index is 584. The first-order valence-corrected chi connectivity index (χ1v) is 6.27. The first-order valence-electron chi connectivity index (χ1n) is 5.89. The van der Waals surface area contributed by atoms with Crippen molar-refractivity contribution >= 4 is 23.0 Å². The second-order valence-corrected chi connectivity index (χ2v) is 4.59. The molecular formula is C15H16ClNO2. The smallest absolute Gasteiger partial charge is 0.162 e. The average molecular weight is 278 g/mol. The van der Waals surface area contributed by atoms with Gasteiger partial charge in [0.2, 0.25) is 0 Å². The summed E-state index contributed by atoms with van der Waals surface area (Å²) in [5, 5.41) is 4.02. The van der Waals surface area contributed by atoms with E-state index in [1.54, 1.807) is 14.2 Å². The van der Waals surface area contributed by atoms with Crippen LogP contribution in [-0.4, -0.2) is 14.2 Å². The summed E-state index contributed by atoms with van der Waals surface area (Å²) in [6.07, 6.45) is 0. The maximum absolute atomic E-state index is 6.00. The van der Waals surface area contributed by atoms with Gasteiger partial charge in [-0.3, -0.25) is 0 Å². The molecule has 2 aromatic rings. The minimum absolute atomic E-state index is 0.687. The van der Waals surface area contributed by atoms with Gasteiger partial charge in [-0.05, 0) is 36.8 Å². The van der Waals surface area contributed by atoms with Gasteiger partial charge in [-0.25, -0.2) is 0 Å². The number of methoxy groups -OCH3 is 2. The Balaban J connectivity index is 2.30. The molecule has 0 aliphatic rings. The van der Waals surface area contributed by atoms with Crippen LogP contribution in [0.1, 0.15) is 5.56 Å². The molecule has 0 saturated carbocycles. The van der Waals surface area contributed by atoms with Gasteiger partial charge in [0.25, 0.3) is 0 Å². The Kier molecular flexibility index (Phi) is 4.17. The molecule has 0 amide bonds. The number of rotatable bonds is 4. The first kappa shape index (κ1) is 13.6. The molecule has 100 valence electrons. The molecule has 0 aliphatic heterocycles. The predicted octanol–water partition coefficient (Wildman–Crippen LogP) is 4.41. The quantitative estimate of drug-likeness (QED) is 0.898. The Hall–Kier alpha value is -1.87. The molecule has 0 fully saturated rings. The lowest BCUT2D eigenvalue weighted by atomic mass is 10.2. The highest BCUT2D eigenvalue weighted by Crippen LogP contribution is 2.32. The van der Waals surface area contributed by atoms with Crippen LogP contribution in [0.15, 0.2) is 36.4 Å². The van der Waals surface area contributed by atoms with E-state index in [0.717, 1.165) is 16.9 Å². The molecule has 0 aliphatic carbocycles. The molecule has 19 heavy (non-hydrogen) atoms. The fraction of sp³-hybridized carbons (Fsp3) is 0.200. The third-order valence-corrected chi connectivity index (χ3v) is 3.10. The Morgan fingerprint density at radius 2 is 1.68 bits per heavy atom. The van der Waals surface area contributed by atoms with Gasteiger partial charge in [0, 0.05) is 22.5 Å². The van der Waals surface area contributed by atoms with E-state index >= 15 is 0 Å². The lowest BCUT2D eigenvalue weighted by Crippen LogP contribution is -1.95. The van der Waals surface area contributed by atoms with Crippen LogP contribution in [0.5, 0.6) is 11.5 Å². The van der Waals surface area contributed by atoms with Crippen molar-refractivity contribution in [2.45, 2.75) is 6.92 Å². The monoisotopic (exact) mass is 277 g/mol. The van der Waals surface area contributed by atoms with Crippen molar-refractivity contribution in [2.75, 3.05) is 19.5 Å². The van der Waals surface area contributed by atoms with Gasteiger partial charge in [0.05, 0.1) is 14.2 Å². The third-order valence-electron chi connectivity index (χ3n) is 2.86. The second-order valence-electron chi connectivity index (χ2n) is 4.15. The molecule has 4 heteroatoms. The van der Waals surface area contributed by atoms with Crippen LogP contribution >= 0.6 is 11.6 Å². The van der Waals surface area contributed by atoms with E-state index in [9.17, 15) is 0 Å². The summed E-state index contributed by atoms with van der Waals surface area (Å²) in [6, 6.07) is 11.4. The van der Waals surface area contributed by atoms with E-state index in [2.05, 4.69) is 5.32 Å². The Morgan fingerprint density at radius 1 is 0.947 bits per heavy atom. The molecule has 0 unspecified atom stereocenters. The molecule has 0 atom stereocenters. The first-order chi connectivity index (χ1) is 9.13. The van der Waals surface area contributed by atoms with Gasteiger partial charge in [-0.1, -0.05) is 17.7 Å². The maximum atomic E-state index is 6.00. The van der Waals surface area contributed by atoms with Crippen molar-refractivity contribution in [3.05, 3.63) is 47.0 Å². The topological polar surface area (TPSA) is 30.5 Å². The van der Waals surface area contributed by atoms with Crippen LogP contribution in [0.3, 0.4) is 0 Å². The van der Waals surface area contributed by atoms with Gasteiger partial charge < -0.3 is 14.8 Å². The Labute approximate surface area is 118 Å². The number of anilines is 2. The van der Waals surface area contributed by atoms with Gasteiger partial charge in [-0.15, -0.1) is 0 Å². The van der Waals surface area contributed by atoms with Crippen molar-refractivity contribution in [1.82, 2.24) is 0 Å². The van der Waals surface area contributed by atoms with Crippen molar-refractivity contribution in [2.24, 2.45) is 0 Å². The standard InChI is InChI=1S/C15H16ClNO2/c1-10-4-5-11(16)8-13(10)17-12-6-7-14(18-2)15(9-12)19-3/h4-9,17H,1-3H3. The van der Waals surface area contributed by atoms with E-state index in [0.29, 0.717) is 16.5 Å². The lowest BCUT2D eigenvalue weighted by molar-refractivity contribution is 0.355. The Morgan fingerprint density at radius 3 is 2.37 bits per heavy atom. The molecule has 2 aromatic carbocycles. The molecule has 0 bridgehead atoms. The maximum Gasteiger partial charge on any atom is 0.162 e. The zero-order valence-electron chi connectivity index (χ0n) is 11.2. The molecule has 1 N–H and O–H groups in total. The number of benzene rings is 2. The fourth-order valence-electron chi connectivity index (χ4n) is 1.80. The van der Waals surface area contributed by atoms with Crippen molar-refractivity contribution in [1.29, 1.82) is 0 Å². The number of hydrogen-bond acceptors (Lipinski definition) is 3. The number of ether oxygens (including phenoxy) is 2. The van der Waals surface area contributed by atoms with E-state index in [1.165, 1.54) is 0 Å². The molecule has 0 aromatic heterocycles. The average Bonchev–Trinajstić information content (AvgIpc) is 2.42. The van der Waals surface area contributed by atoms with Gasteiger partial charge in [-0.2, -0.15) is 0 Å². The number of halogens is 1. The molecule has 0 saturated heterocycles. The summed E-state index contributed by atoms with van der Waals surface area (Å²) in [7, 11) is 3.23. The highest BCUT2D eigenvalue weighted by atomic mass is 35.5. The predicted molar refractivity (Wildman–Crippen MR) is 79.0 cm³/mol. The molecule has 0 radical (unpaired) electrons. The van der Waals surface area contributed by atoms with Crippen LogP contribution < -0.4 is 14.8 Å². The fourth-order valence-corrected chi connectivity index (χ4v) is 1.97. The zero-order chi connectivity index (χ0) is 13.8. The molecule has 2 rings (SSSR count). The van der Waals surface area contributed by atoms with Gasteiger partial charge >= 0.3 is 0 Å². The third kappa shape index (κ3) is 3.12. The van der Waals surface area contributed by atoms with Crippen molar-refractivity contribution < 1.29 is 9.47 Å². The van der Waals surface area contributed by atoms with Gasteiger partial charge in [0.15, 0.2) is 11.5 Å². The summed E-state index contributed by atoms with van der Waals surface area (Å²) in [4.78, 5) is 0. The van der Waals surface area contributed by atoms with Crippen LogP contribution in [0, 0.1) is 6.92 Å². The van der Waals surface area contributed by atoms with E-state index in [-0.39, 0.29) is 0 Å². The van der Waals surface area contributed by atoms with Crippen molar-refractivity contribution in [3.8, 4) is 11.5 Å². The molecular weight excluding hydrogens is 262 g/mol. The highest BCUT2D eigenvalue weighted by molar-refractivity contribution is 6.30. The summed E-state index contributed by atoms with van der Waals surface area (Å²) in [5.74, 6) is 1.39. The zero-order valence-corrected chi connectivity index (χ0v) is 11.9. The minimum Gasteiger partial charge on any atom is -0.493 e. The van der Waals surface area contributed by atoms with Crippen LogP contribution in [-0.2, 0) is 0 Å². The minimum atomic E-state index is 0.687. The summed E-state index contributed by atoms with van der Waals surface area (Å²) in [6.45, 7) is 2.03. The summed E-state index contributed by atoms with van der Waals surface area (Å²) >= 11 is 6.00. The molecule has 0 heterocycles. The summed E-state index contributed by atoms with van der Waals surface area (Å²) in [5.41, 5.74) is 3.02. The van der Waals surface area contributed by atoms with Crippen LogP contribution in [0.25, 0.3) is 0 Å².